The normalized spacial score (nSPS) is 11.0. The first-order chi connectivity index (χ1) is 13.0. The number of amides is 1. The Kier molecular flexibility index (Phi) is 4.04. The molecule has 0 radical (unpaired) electrons. The Morgan fingerprint density at radius 3 is 2.67 bits per heavy atom. The number of nitrogens with zero attached hydrogens (tertiary/aromatic N) is 4. The summed E-state index contributed by atoms with van der Waals surface area (Å²) >= 11 is 0. The van der Waals surface area contributed by atoms with Crippen LogP contribution in [-0.4, -0.2) is 30.9 Å². The lowest BCUT2D eigenvalue weighted by Gasteiger charge is -2.04. The molecule has 0 atom stereocenters. The van der Waals surface area contributed by atoms with Crippen LogP contribution in [0.4, 0.5) is 0 Å². The molecule has 4 rings (SSSR count). The topological polar surface area (TPSA) is 95.3 Å². The van der Waals surface area contributed by atoms with Gasteiger partial charge in [0.05, 0.1) is 17.5 Å². The zero-order chi connectivity index (χ0) is 19.0. The molecule has 1 aromatic carbocycles. The quantitative estimate of drug-likeness (QED) is 0.553. The molecule has 7 nitrogen and oxygen atoms in total. The summed E-state index contributed by atoms with van der Waals surface area (Å²) in [6.45, 7) is 0. The zero-order valence-electron chi connectivity index (χ0n) is 14.7. The maximum Gasteiger partial charge on any atom is 0.252 e. The Labute approximate surface area is 155 Å². The van der Waals surface area contributed by atoms with Gasteiger partial charge in [0.1, 0.15) is 11.3 Å². The summed E-state index contributed by atoms with van der Waals surface area (Å²) in [5.74, 6) is -0.884. The first-order valence-corrected chi connectivity index (χ1v) is 8.41. The average molecular weight is 359 g/mol. The monoisotopic (exact) mass is 359 g/mol. The van der Waals surface area contributed by atoms with Crippen LogP contribution >= 0.6 is 0 Å². The number of nitrogens with two attached hydrogens (primary N) is 1. The van der Waals surface area contributed by atoms with E-state index in [4.69, 9.17) is 5.73 Å². The molecule has 0 saturated heterocycles. The largest absolute Gasteiger partial charge is 0.365 e. The molecule has 4 aromatic rings. The number of ketones is 1. The van der Waals surface area contributed by atoms with E-state index in [-0.39, 0.29) is 23.5 Å². The molecule has 7 heteroatoms. The molecule has 0 spiro atoms. The van der Waals surface area contributed by atoms with Crippen LogP contribution in [0.2, 0.25) is 0 Å². The number of carbonyl (C=O) groups is 2. The standard InChI is InChI=1S/C20H17N5O2/c1-24-19(15(11-22-24)20(21)27)17(26)9-13-7-8-25-12-16(23-18(25)10-13)14-5-3-2-4-6-14/h2-8,10-12H,9H2,1H3,(H2,21,27). The lowest BCUT2D eigenvalue weighted by atomic mass is 10.1. The second-order valence-corrected chi connectivity index (χ2v) is 6.29. The fourth-order valence-corrected chi connectivity index (χ4v) is 3.10. The van der Waals surface area contributed by atoms with Crippen molar-refractivity contribution in [3.63, 3.8) is 0 Å². The Morgan fingerprint density at radius 1 is 1.15 bits per heavy atom. The van der Waals surface area contributed by atoms with Crippen molar-refractivity contribution in [1.82, 2.24) is 19.2 Å². The average Bonchev–Trinajstić information content (AvgIpc) is 3.25. The number of imidazole rings is 1. The molecule has 0 aliphatic carbocycles. The van der Waals surface area contributed by atoms with Crippen molar-refractivity contribution in [2.45, 2.75) is 6.42 Å². The highest BCUT2D eigenvalue weighted by Gasteiger charge is 2.20. The van der Waals surface area contributed by atoms with Crippen LogP contribution in [0.15, 0.2) is 61.1 Å². The predicted octanol–water partition coefficient (Wildman–Crippen LogP) is 2.26. The highest BCUT2D eigenvalue weighted by molar-refractivity contribution is 6.07. The minimum atomic E-state index is -0.664. The number of pyridine rings is 1. The maximum atomic E-state index is 12.7. The molecule has 0 unspecified atom stereocenters. The van der Waals surface area contributed by atoms with Crippen LogP contribution in [0.1, 0.15) is 26.4 Å². The number of aromatic nitrogens is 4. The van der Waals surface area contributed by atoms with Crippen LogP contribution in [0.3, 0.4) is 0 Å². The van der Waals surface area contributed by atoms with E-state index in [2.05, 4.69) is 10.1 Å². The highest BCUT2D eigenvalue weighted by Crippen LogP contribution is 2.20. The van der Waals surface area contributed by atoms with Gasteiger partial charge in [-0.3, -0.25) is 14.3 Å². The van der Waals surface area contributed by atoms with E-state index in [9.17, 15) is 9.59 Å². The molecule has 0 aliphatic rings. The third kappa shape index (κ3) is 3.10. The molecule has 134 valence electrons. The number of aryl methyl sites for hydroxylation is 1. The molecular formula is C20H17N5O2. The number of fused-ring (bicyclic) bond motifs is 1. The number of benzene rings is 1. The number of Topliss-reactive ketones (excluding diaryl/α,β-unsaturated/α-hetero) is 1. The Morgan fingerprint density at radius 2 is 1.93 bits per heavy atom. The van der Waals surface area contributed by atoms with Gasteiger partial charge in [-0.2, -0.15) is 5.10 Å². The molecule has 0 saturated carbocycles. The molecule has 3 aromatic heterocycles. The van der Waals surface area contributed by atoms with Gasteiger partial charge in [-0.05, 0) is 17.7 Å². The highest BCUT2D eigenvalue weighted by atomic mass is 16.1. The van der Waals surface area contributed by atoms with Crippen molar-refractivity contribution in [3.05, 3.63) is 77.9 Å². The van der Waals surface area contributed by atoms with Crippen molar-refractivity contribution in [2.24, 2.45) is 12.8 Å². The molecule has 0 aliphatic heterocycles. The number of primary amides is 1. The maximum absolute atomic E-state index is 12.7. The fraction of sp³-hybridized carbons (Fsp3) is 0.100. The Balaban J connectivity index is 1.64. The van der Waals surface area contributed by atoms with E-state index in [1.165, 1.54) is 10.9 Å². The molecule has 27 heavy (non-hydrogen) atoms. The summed E-state index contributed by atoms with van der Waals surface area (Å²) in [6, 6.07) is 13.6. The van der Waals surface area contributed by atoms with Crippen LogP contribution in [-0.2, 0) is 13.5 Å². The van der Waals surface area contributed by atoms with Gasteiger partial charge in [0.15, 0.2) is 5.78 Å². The number of hydrogen-bond acceptors (Lipinski definition) is 4. The minimum absolute atomic E-state index is 0.129. The second kappa shape index (κ2) is 6.53. The van der Waals surface area contributed by atoms with Gasteiger partial charge in [-0.25, -0.2) is 4.98 Å². The molecular weight excluding hydrogens is 342 g/mol. The van der Waals surface area contributed by atoms with E-state index in [0.717, 1.165) is 22.5 Å². The van der Waals surface area contributed by atoms with E-state index in [1.54, 1.807) is 7.05 Å². The van der Waals surface area contributed by atoms with E-state index >= 15 is 0 Å². The Hall–Kier alpha value is -3.74. The van der Waals surface area contributed by atoms with E-state index < -0.39 is 5.91 Å². The van der Waals surface area contributed by atoms with Crippen molar-refractivity contribution in [3.8, 4) is 11.3 Å². The van der Waals surface area contributed by atoms with Crippen LogP contribution < -0.4 is 5.73 Å². The van der Waals surface area contributed by atoms with Crippen LogP contribution in [0.25, 0.3) is 16.9 Å². The van der Waals surface area contributed by atoms with Crippen molar-refractivity contribution < 1.29 is 9.59 Å². The van der Waals surface area contributed by atoms with Gasteiger partial charge in [0, 0.05) is 31.4 Å². The lowest BCUT2D eigenvalue weighted by molar-refractivity contribution is 0.0957. The molecule has 2 N–H and O–H groups in total. The van der Waals surface area contributed by atoms with Crippen molar-refractivity contribution in [1.29, 1.82) is 0 Å². The molecule has 3 heterocycles. The fourth-order valence-electron chi connectivity index (χ4n) is 3.10. The van der Waals surface area contributed by atoms with Crippen LogP contribution in [0, 0.1) is 0 Å². The van der Waals surface area contributed by atoms with Gasteiger partial charge in [-0.1, -0.05) is 30.3 Å². The number of hydrogen-bond donors (Lipinski definition) is 1. The molecule has 0 fully saturated rings. The summed E-state index contributed by atoms with van der Waals surface area (Å²) < 4.78 is 3.29. The summed E-state index contributed by atoms with van der Waals surface area (Å²) in [4.78, 5) is 28.8. The summed E-state index contributed by atoms with van der Waals surface area (Å²) in [7, 11) is 1.61. The van der Waals surface area contributed by atoms with Crippen LogP contribution in [0.5, 0.6) is 0 Å². The summed E-state index contributed by atoms with van der Waals surface area (Å²) in [5.41, 5.74) is 9.13. The molecule has 0 bridgehead atoms. The van der Waals surface area contributed by atoms with Gasteiger partial charge in [-0.15, -0.1) is 0 Å². The minimum Gasteiger partial charge on any atom is -0.365 e. The predicted molar refractivity (Wildman–Crippen MR) is 100 cm³/mol. The zero-order valence-corrected chi connectivity index (χ0v) is 14.7. The SMILES string of the molecule is Cn1ncc(C(N)=O)c1C(=O)Cc1ccn2cc(-c3ccccc3)nc2c1. The molecule has 1 amide bonds. The first kappa shape index (κ1) is 16.7. The lowest BCUT2D eigenvalue weighted by Crippen LogP contribution is -2.18. The third-order valence-electron chi connectivity index (χ3n) is 4.43. The van der Waals surface area contributed by atoms with Gasteiger partial charge < -0.3 is 10.1 Å². The number of carbonyl (C=O) groups excluding carboxylic acids is 2. The smallest absolute Gasteiger partial charge is 0.252 e. The third-order valence-corrected chi connectivity index (χ3v) is 4.43. The van der Waals surface area contributed by atoms with Crippen molar-refractivity contribution >= 4 is 17.3 Å². The summed E-state index contributed by atoms with van der Waals surface area (Å²) in [5, 5.41) is 3.97. The van der Waals surface area contributed by atoms with E-state index in [0.29, 0.717) is 0 Å². The second-order valence-electron chi connectivity index (χ2n) is 6.29. The van der Waals surface area contributed by atoms with Gasteiger partial charge in [0.25, 0.3) is 5.91 Å². The van der Waals surface area contributed by atoms with Crippen molar-refractivity contribution in [2.75, 3.05) is 0 Å². The van der Waals surface area contributed by atoms with Gasteiger partial charge >= 0.3 is 0 Å². The Bertz CT molecular complexity index is 1160. The summed E-state index contributed by atoms with van der Waals surface area (Å²) in [6.07, 6.45) is 5.27. The first-order valence-electron chi connectivity index (χ1n) is 8.41. The van der Waals surface area contributed by atoms with E-state index in [1.807, 2.05) is 59.3 Å². The number of rotatable bonds is 5. The van der Waals surface area contributed by atoms with Gasteiger partial charge in [0.2, 0.25) is 0 Å².